The predicted octanol–water partition coefficient (Wildman–Crippen LogP) is 0.618. The smallest absolute Gasteiger partial charge is 0.242 e. The van der Waals surface area contributed by atoms with Crippen molar-refractivity contribution in [2.24, 2.45) is 0 Å². The second kappa shape index (κ2) is 8.15. The van der Waals surface area contributed by atoms with Crippen LogP contribution in [-0.2, 0) is 24.8 Å². The van der Waals surface area contributed by atoms with Gasteiger partial charge >= 0.3 is 0 Å². The second-order valence-corrected chi connectivity index (χ2v) is 9.99. The highest BCUT2D eigenvalue weighted by molar-refractivity contribution is 7.92. The molecule has 0 aliphatic heterocycles. The molecule has 0 bridgehead atoms. The molecular weight excluding hydrogens is 366 g/mol. The van der Waals surface area contributed by atoms with Crippen LogP contribution < -0.4 is 9.62 Å². The third-order valence-electron chi connectivity index (χ3n) is 3.61. The summed E-state index contributed by atoms with van der Waals surface area (Å²) >= 11 is 0. The molecule has 1 amide bonds. The summed E-state index contributed by atoms with van der Waals surface area (Å²) in [4.78, 5) is 12.1. The number of hydrogen-bond donors (Lipinski definition) is 1. The van der Waals surface area contributed by atoms with E-state index in [4.69, 9.17) is 0 Å². The van der Waals surface area contributed by atoms with Crippen LogP contribution in [-0.4, -0.2) is 60.0 Å². The lowest BCUT2D eigenvalue weighted by Crippen LogP contribution is -2.43. The monoisotopic (exact) mass is 391 g/mol. The highest BCUT2D eigenvalue weighted by Crippen LogP contribution is 2.21. The summed E-state index contributed by atoms with van der Waals surface area (Å²) < 4.78 is 50.2. The Morgan fingerprint density at radius 3 is 2.04 bits per heavy atom. The van der Waals surface area contributed by atoms with Gasteiger partial charge in [-0.2, -0.15) is 0 Å². The maximum Gasteiger partial charge on any atom is 0.242 e. The van der Waals surface area contributed by atoms with Gasteiger partial charge in [0.15, 0.2) is 0 Å². The van der Waals surface area contributed by atoms with E-state index in [0.717, 1.165) is 21.3 Å². The maximum absolute atomic E-state index is 12.1. The Labute approximate surface area is 149 Å². The largest absolute Gasteiger partial charge is 0.352 e. The number of carbonyl (C=O) groups excluding carboxylic acids is 1. The molecule has 25 heavy (non-hydrogen) atoms. The van der Waals surface area contributed by atoms with Crippen molar-refractivity contribution in [2.75, 3.05) is 31.2 Å². The van der Waals surface area contributed by atoms with Crippen molar-refractivity contribution in [2.45, 2.75) is 31.2 Å². The quantitative estimate of drug-likeness (QED) is 0.699. The zero-order chi connectivity index (χ0) is 19.4. The van der Waals surface area contributed by atoms with Gasteiger partial charge < -0.3 is 5.32 Å². The number of amides is 1. The zero-order valence-electron chi connectivity index (χ0n) is 15.1. The van der Waals surface area contributed by atoms with Crippen LogP contribution in [0.3, 0.4) is 0 Å². The Morgan fingerprint density at radius 1 is 1.12 bits per heavy atom. The van der Waals surface area contributed by atoms with Crippen molar-refractivity contribution < 1.29 is 21.6 Å². The minimum atomic E-state index is -3.71. The summed E-state index contributed by atoms with van der Waals surface area (Å²) in [6.07, 6.45) is 1.72. The van der Waals surface area contributed by atoms with Crippen molar-refractivity contribution in [1.29, 1.82) is 0 Å². The predicted molar refractivity (Wildman–Crippen MR) is 97.4 cm³/mol. The Balaban J connectivity index is 3.12. The van der Waals surface area contributed by atoms with E-state index >= 15 is 0 Å². The summed E-state index contributed by atoms with van der Waals surface area (Å²) in [5, 5.41) is 2.70. The fraction of sp³-hybridized carbons (Fsp3) is 0.533. The molecule has 0 aliphatic carbocycles. The van der Waals surface area contributed by atoms with Gasteiger partial charge in [-0.1, -0.05) is 6.92 Å². The molecule has 10 heteroatoms. The molecule has 1 N–H and O–H groups in total. The van der Waals surface area contributed by atoms with E-state index in [0.29, 0.717) is 0 Å². The fourth-order valence-corrected chi connectivity index (χ4v) is 3.71. The van der Waals surface area contributed by atoms with Crippen molar-refractivity contribution in [3.63, 3.8) is 0 Å². The number of benzene rings is 1. The van der Waals surface area contributed by atoms with Crippen molar-refractivity contribution in [1.82, 2.24) is 9.62 Å². The van der Waals surface area contributed by atoms with Crippen LogP contribution in [0.1, 0.15) is 20.3 Å². The molecule has 142 valence electrons. The number of nitrogens with one attached hydrogen (secondary N) is 1. The van der Waals surface area contributed by atoms with E-state index < -0.39 is 26.0 Å². The molecule has 8 nitrogen and oxygen atoms in total. The van der Waals surface area contributed by atoms with Gasteiger partial charge in [-0.15, -0.1) is 0 Å². The van der Waals surface area contributed by atoms with Crippen molar-refractivity contribution in [3.05, 3.63) is 24.3 Å². The van der Waals surface area contributed by atoms with Gasteiger partial charge in [0.05, 0.1) is 16.8 Å². The molecule has 0 fully saturated rings. The molecule has 1 unspecified atom stereocenters. The van der Waals surface area contributed by atoms with E-state index in [1.807, 2.05) is 13.8 Å². The van der Waals surface area contributed by atoms with E-state index in [1.54, 1.807) is 0 Å². The lowest BCUT2D eigenvalue weighted by molar-refractivity contribution is -0.120. The molecule has 0 spiro atoms. The third-order valence-corrected chi connectivity index (χ3v) is 6.58. The van der Waals surface area contributed by atoms with Crippen LogP contribution in [0.15, 0.2) is 29.2 Å². The Hall–Kier alpha value is -1.65. The van der Waals surface area contributed by atoms with Crippen LogP contribution in [0.5, 0.6) is 0 Å². The Bertz CT molecular complexity index is 802. The summed E-state index contributed by atoms with van der Waals surface area (Å²) in [5.41, 5.74) is 0.222. The van der Waals surface area contributed by atoms with Gasteiger partial charge in [-0.05, 0) is 37.6 Å². The van der Waals surface area contributed by atoms with Crippen molar-refractivity contribution in [3.8, 4) is 0 Å². The third kappa shape index (κ3) is 5.68. The van der Waals surface area contributed by atoms with Crippen LogP contribution in [0.4, 0.5) is 5.69 Å². The van der Waals surface area contributed by atoms with E-state index in [1.165, 1.54) is 38.4 Å². The first kappa shape index (κ1) is 21.4. The van der Waals surface area contributed by atoms with Crippen molar-refractivity contribution >= 4 is 31.6 Å². The van der Waals surface area contributed by atoms with Gasteiger partial charge in [0.1, 0.15) is 6.54 Å². The summed E-state index contributed by atoms with van der Waals surface area (Å²) in [6.45, 7) is 3.36. The fourth-order valence-electron chi connectivity index (χ4n) is 1.95. The highest BCUT2D eigenvalue weighted by Gasteiger charge is 2.23. The molecule has 0 saturated heterocycles. The summed E-state index contributed by atoms with van der Waals surface area (Å²) in [5.74, 6) is -0.426. The molecule has 0 heterocycles. The van der Waals surface area contributed by atoms with Crippen LogP contribution in [0.25, 0.3) is 0 Å². The molecule has 0 saturated carbocycles. The topological polar surface area (TPSA) is 104 Å². The normalized spacial score (nSPS) is 13.5. The first-order chi connectivity index (χ1) is 11.4. The lowest BCUT2D eigenvalue weighted by Gasteiger charge is -2.23. The van der Waals surface area contributed by atoms with Crippen LogP contribution >= 0.6 is 0 Å². The standard InChI is InChI=1S/C15H25N3O5S2/c1-6-12(2)16-15(19)11-18(24(5,20)21)13-7-9-14(10-8-13)25(22,23)17(3)4/h7-10,12H,6,11H2,1-5H3,(H,16,19). The van der Waals surface area contributed by atoms with Gasteiger partial charge in [-0.3, -0.25) is 9.10 Å². The first-order valence-corrected chi connectivity index (χ1v) is 11.0. The van der Waals surface area contributed by atoms with Crippen LogP contribution in [0, 0.1) is 0 Å². The van der Waals surface area contributed by atoms with E-state index in [2.05, 4.69) is 5.32 Å². The first-order valence-electron chi connectivity index (χ1n) is 7.69. The number of sulfonamides is 2. The number of carbonyl (C=O) groups is 1. The minimum Gasteiger partial charge on any atom is -0.352 e. The molecular formula is C15H25N3O5S2. The molecule has 0 radical (unpaired) electrons. The molecule has 1 rings (SSSR count). The Morgan fingerprint density at radius 2 is 1.64 bits per heavy atom. The molecule has 0 aliphatic rings. The average Bonchev–Trinajstić information content (AvgIpc) is 2.51. The maximum atomic E-state index is 12.1. The lowest BCUT2D eigenvalue weighted by atomic mass is 10.2. The molecule has 0 aromatic heterocycles. The van der Waals surface area contributed by atoms with E-state index in [-0.39, 0.29) is 23.2 Å². The molecule has 1 aromatic rings. The van der Waals surface area contributed by atoms with Gasteiger partial charge in [0, 0.05) is 20.1 Å². The van der Waals surface area contributed by atoms with Gasteiger partial charge in [-0.25, -0.2) is 21.1 Å². The number of anilines is 1. The van der Waals surface area contributed by atoms with Gasteiger partial charge in [0.2, 0.25) is 26.0 Å². The summed E-state index contributed by atoms with van der Waals surface area (Å²) in [6, 6.07) is 5.30. The number of nitrogens with zero attached hydrogens (tertiary/aromatic N) is 2. The highest BCUT2D eigenvalue weighted by atomic mass is 32.2. The zero-order valence-corrected chi connectivity index (χ0v) is 16.7. The van der Waals surface area contributed by atoms with E-state index in [9.17, 15) is 21.6 Å². The summed E-state index contributed by atoms with van der Waals surface area (Å²) in [7, 11) is -4.50. The second-order valence-electron chi connectivity index (χ2n) is 5.93. The SMILES string of the molecule is CCC(C)NC(=O)CN(c1ccc(S(=O)(=O)N(C)C)cc1)S(C)(=O)=O. The Kier molecular flexibility index (Phi) is 6.98. The van der Waals surface area contributed by atoms with Gasteiger partial charge in [0.25, 0.3) is 0 Å². The minimum absolute atomic E-state index is 0.0405. The number of rotatable bonds is 8. The van der Waals surface area contributed by atoms with Crippen LogP contribution in [0.2, 0.25) is 0 Å². The number of hydrogen-bond acceptors (Lipinski definition) is 5. The molecule has 1 aromatic carbocycles. The average molecular weight is 392 g/mol. The molecule has 1 atom stereocenters.